The highest BCUT2D eigenvalue weighted by Crippen LogP contribution is 2.30. The number of furan rings is 1. The molecule has 0 unspecified atom stereocenters. The van der Waals surface area contributed by atoms with E-state index in [2.05, 4.69) is 57.3 Å². The minimum atomic E-state index is 0.229. The molecular formula is C16H23NO. The maximum atomic E-state index is 5.81. The molecule has 1 aromatic carbocycles. The van der Waals surface area contributed by atoms with Crippen LogP contribution in [0.5, 0.6) is 0 Å². The van der Waals surface area contributed by atoms with E-state index in [1.807, 2.05) is 0 Å². The summed E-state index contributed by atoms with van der Waals surface area (Å²) in [6.07, 6.45) is 1.14. The normalized spacial score (nSPS) is 12.2. The van der Waals surface area contributed by atoms with Gasteiger partial charge in [-0.1, -0.05) is 33.8 Å². The number of hydrogen-bond acceptors (Lipinski definition) is 2. The molecule has 2 heteroatoms. The molecule has 0 bridgehead atoms. The molecule has 0 saturated carbocycles. The molecule has 0 fully saturated rings. The predicted molar refractivity (Wildman–Crippen MR) is 76.9 cm³/mol. The van der Waals surface area contributed by atoms with Crippen LogP contribution in [0.25, 0.3) is 11.0 Å². The molecule has 2 aromatic rings. The van der Waals surface area contributed by atoms with Crippen LogP contribution in [0, 0.1) is 0 Å². The van der Waals surface area contributed by atoms with Gasteiger partial charge in [0.15, 0.2) is 0 Å². The van der Waals surface area contributed by atoms with E-state index >= 15 is 0 Å². The van der Waals surface area contributed by atoms with Crippen LogP contribution in [0.2, 0.25) is 0 Å². The number of nitrogens with one attached hydrogen (secondary N) is 1. The van der Waals surface area contributed by atoms with Crippen molar-refractivity contribution in [2.24, 2.45) is 0 Å². The van der Waals surface area contributed by atoms with Gasteiger partial charge in [0.25, 0.3) is 0 Å². The Morgan fingerprint density at radius 3 is 2.61 bits per heavy atom. The summed E-state index contributed by atoms with van der Waals surface area (Å²) in [5, 5.41) is 4.50. The van der Waals surface area contributed by atoms with Gasteiger partial charge in [-0.3, -0.25) is 0 Å². The minimum absolute atomic E-state index is 0.229. The maximum Gasteiger partial charge on any atom is 0.134 e. The Balaban J connectivity index is 2.33. The lowest BCUT2D eigenvalue weighted by molar-refractivity contribution is 0.505. The van der Waals surface area contributed by atoms with Crippen molar-refractivity contribution < 1.29 is 4.42 Å². The van der Waals surface area contributed by atoms with Crippen LogP contribution < -0.4 is 5.32 Å². The molecule has 2 nitrogen and oxygen atoms in total. The van der Waals surface area contributed by atoms with Gasteiger partial charge in [-0.2, -0.15) is 0 Å². The zero-order chi connectivity index (χ0) is 13.2. The van der Waals surface area contributed by atoms with E-state index in [9.17, 15) is 0 Å². The Kier molecular flexibility index (Phi) is 3.76. The van der Waals surface area contributed by atoms with Gasteiger partial charge in [0, 0.05) is 5.39 Å². The first-order chi connectivity index (χ1) is 8.56. The van der Waals surface area contributed by atoms with Crippen LogP contribution in [0.15, 0.2) is 28.7 Å². The second-order valence-electron chi connectivity index (χ2n) is 5.48. The molecule has 0 radical (unpaired) electrons. The topological polar surface area (TPSA) is 25.2 Å². The van der Waals surface area contributed by atoms with Crippen molar-refractivity contribution in [2.45, 2.75) is 46.1 Å². The number of fused-ring (bicyclic) bond motifs is 1. The molecule has 0 aliphatic rings. The Morgan fingerprint density at radius 2 is 1.94 bits per heavy atom. The van der Waals surface area contributed by atoms with Crippen LogP contribution >= 0.6 is 0 Å². The van der Waals surface area contributed by atoms with E-state index in [-0.39, 0.29) is 5.41 Å². The first-order valence-electron chi connectivity index (χ1n) is 6.80. The van der Waals surface area contributed by atoms with Crippen molar-refractivity contribution in [3.05, 3.63) is 35.6 Å². The Bertz CT molecular complexity index is 525. The van der Waals surface area contributed by atoms with Crippen molar-refractivity contribution in [3.8, 4) is 0 Å². The molecule has 98 valence electrons. The van der Waals surface area contributed by atoms with Crippen molar-refractivity contribution in [3.63, 3.8) is 0 Å². The summed E-state index contributed by atoms with van der Waals surface area (Å²) in [6, 6.07) is 8.69. The smallest absolute Gasteiger partial charge is 0.134 e. The summed E-state index contributed by atoms with van der Waals surface area (Å²) in [7, 11) is 0. The third-order valence-electron chi connectivity index (χ3n) is 3.78. The third-order valence-corrected chi connectivity index (χ3v) is 3.78. The third kappa shape index (κ3) is 2.59. The molecule has 0 spiro atoms. The highest BCUT2D eigenvalue weighted by molar-refractivity contribution is 5.79. The standard InChI is InChI=1S/C16H23NO/c1-5-16(3,4)13-7-8-15-12(9-13)10-14(18-15)11-17-6-2/h7-10,17H,5-6,11H2,1-4H3. The molecule has 0 saturated heterocycles. The van der Waals surface area contributed by atoms with Gasteiger partial charge in [0.2, 0.25) is 0 Å². The molecule has 1 aromatic heterocycles. The number of hydrogen-bond donors (Lipinski definition) is 1. The minimum Gasteiger partial charge on any atom is -0.460 e. The number of benzene rings is 1. The average Bonchev–Trinajstić information content (AvgIpc) is 2.77. The lowest BCUT2D eigenvalue weighted by Crippen LogP contribution is -2.14. The molecular weight excluding hydrogens is 222 g/mol. The first kappa shape index (κ1) is 13.2. The summed E-state index contributed by atoms with van der Waals surface area (Å²) >= 11 is 0. The fourth-order valence-electron chi connectivity index (χ4n) is 2.06. The van der Waals surface area contributed by atoms with Crippen LogP contribution in [-0.2, 0) is 12.0 Å². The molecule has 1 N–H and O–H groups in total. The van der Waals surface area contributed by atoms with Crippen molar-refractivity contribution in [2.75, 3.05) is 6.54 Å². The van der Waals surface area contributed by atoms with Crippen molar-refractivity contribution >= 4 is 11.0 Å². The van der Waals surface area contributed by atoms with Gasteiger partial charge in [0.1, 0.15) is 11.3 Å². The van der Waals surface area contributed by atoms with Crippen LogP contribution in [0.3, 0.4) is 0 Å². The predicted octanol–water partition coefficient (Wildman–Crippen LogP) is 4.23. The molecule has 0 amide bonds. The molecule has 1 heterocycles. The molecule has 0 atom stereocenters. The van der Waals surface area contributed by atoms with E-state index in [1.165, 1.54) is 10.9 Å². The van der Waals surface area contributed by atoms with Gasteiger partial charge < -0.3 is 9.73 Å². The fourth-order valence-corrected chi connectivity index (χ4v) is 2.06. The summed E-state index contributed by atoms with van der Waals surface area (Å²) < 4.78 is 5.81. The zero-order valence-corrected chi connectivity index (χ0v) is 11.8. The molecule has 18 heavy (non-hydrogen) atoms. The van der Waals surface area contributed by atoms with Gasteiger partial charge in [-0.15, -0.1) is 0 Å². The Morgan fingerprint density at radius 1 is 1.17 bits per heavy atom. The summed E-state index contributed by atoms with van der Waals surface area (Å²) in [5.74, 6) is 1.01. The Labute approximate surface area is 109 Å². The summed E-state index contributed by atoms with van der Waals surface area (Å²) in [4.78, 5) is 0. The van der Waals surface area contributed by atoms with E-state index in [1.54, 1.807) is 0 Å². The quantitative estimate of drug-likeness (QED) is 0.852. The zero-order valence-electron chi connectivity index (χ0n) is 11.8. The van der Waals surface area contributed by atoms with Crippen LogP contribution in [0.1, 0.15) is 45.4 Å². The van der Waals surface area contributed by atoms with Crippen molar-refractivity contribution in [1.29, 1.82) is 0 Å². The van der Waals surface area contributed by atoms with Crippen LogP contribution in [-0.4, -0.2) is 6.54 Å². The lowest BCUT2D eigenvalue weighted by atomic mass is 9.82. The first-order valence-corrected chi connectivity index (χ1v) is 6.80. The Hall–Kier alpha value is -1.28. The highest BCUT2D eigenvalue weighted by Gasteiger charge is 2.18. The van der Waals surface area contributed by atoms with E-state index < -0.39 is 0 Å². The second kappa shape index (κ2) is 5.15. The molecule has 0 aliphatic heterocycles. The fraction of sp³-hybridized carbons (Fsp3) is 0.500. The highest BCUT2D eigenvalue weighted by atomic mass is 16.3. The SMILES string of the molecule is CCNCc1cc2cc(C(C)(C)CC)ccc2o1. The molecule has 0 aliphatic carbocycles. The monoisotopic (exact) mass is 245 g/mol. The lowest BCUT2D eigenvalue weighted by Gasteiger charge is -2.23. The van der Waals surface area contributed by atoms with Gasteiger partial charge >= 0.3 is 0 Å². The summed E-state index contributed by atoms with van der Waals surface area (Å²) in [5.41, 5.74) is 2.60. The van der Waals surface area contributed by atoms with E-state index in [0.29, 0.717) is 0 Å². The van der Waals surface area contributed by atoms with E-state index in [0.717, 1.165) is 30.9 Å². The largest absolute Gasteiger partial charge is 0.460 e. The van der Waals surface area contributed by atoms with Gasteiger partial charge in [-0.05, 0) is 42.1 Å². The molecule has 2 rings (SSSR count). The average molecular weight is 245 g/mol. The summed E-state index contributed by atoms with van der Waals surface area (Å²) in [6.45, 7) is 10.7. The van der Waals surface area contributed by atoms with E-state index in [4.69, 9.17) is 4.42 Å². The second-order valence-corrected chi connectivity index (χ2v) is 5.48. The van der Waals surface area contributed by atoms with Crippen molar-refractivity contribution in [1.82, 2.24) is 5.32 Å². The van der Waals surface area contributed by atoms with Gasteiger partial charge in [0.05, 0.1) is 6.54 Å². The van der Waals surface area contributed by atoms with Crippen LogP contribution in [0.4, 0.5) is 0 Å². The van der Waals surface area contributed by atoms with Gasteiger partial charge in [-0.25, -0.2) is 0 Å². The maximum absolute atomic E-state index is 5.81. The number of rotatable bonds is 5.